The fourth-order valence-corrected chi connectivity index (χ4v) is 2.97. The number of hydrogen-bond acceptors (Lipinski definition) is 2. The smallest absolute Gasteiger partial charge is 0.182 e. The van der Waals surface area contributed by atoms with E-state index in [4.69, 9.17) is 23.2 Å². The summed E-state index contributed by atoms with van der Waals surface area (Å²) in [4.78, 5) is 12.7. The molecule has 1 N–H and O–H groups in total. The summed E-state index contributed by atoms with van der Waals surface area (Å²) in [5, 5.41) is 4.30. The molecule has 0 amide bonds. The number of nitrogens with one attached hydrogen (secondary N) is 1. The van der Waals surface area contributed by atoms with Crippen LogP contribution in [0.3, 0.4) is 0 Å². The number of carbonyl (C=O) groups excluding carboxylic acids is 1. The number of halogens is 2. The van der Waals surface area contributed by atoms with E-state index >= 15 is 0 Å². The molecule has 1 heterocycles. The van der Waals surface area contributed by atoms with Crippen molar-refractivity contribution in [3.63, 3.8) is 0 Å². The van der Waals surface area contributed by atoms with Crippen LogP contribution in [0.2, 0.25) is 10.0 Å². The first kappa shape index (κ1) is 13.9. The van der Waals surface area contributed by atoms with E-state index in [2.05, 4.69) is 12.2 Å². The highest BCUT2D eigenvalue weighted by atomic mass is 35.5. The van der Waals surface area contributed by atoms with Crippen molar-refractivity contribution in [2.75, 3.05) is 6.54 Å². The van der Waals surface area contributed by atoms with E-state index in [1.54, 1.807) is 18.2 Å². The number of Topliss-reactive ketones (excluding diaryl/α,β-unsaturated/α-hetero) is 1. The molecule has 4 heteroatoms. The van der Waals surface area contributed by atoms with E-state index in [9.17, 15) is 4.79 Å². The first-order valence-electron chi connectivity index (χ1n) is 6.34. The van der Waals surface area contributed by atoms with Gasteiger partial charge >= 0.3 is 0 Å². The van der Waals surface area contributed by atoms with Crippen LogP contribution in [0, 0.1) is 0 Å². The van der Waals surface area contributed by atoms with Gasteiger partial charge in [0.05, 0.1) is 15.6 Å². The molecule has 1 aromatic rings. The SMILES string of the molecule is CCC[C@]1(C(=O)c2ccc(Cl)c(Cl)c2)CCCN1. The van der Waals surface area contributed by atoms with E-state index in [0.29, 0.717) is 15.6 Å². The van der Waals surface area contributed by atoms with Crippen molar-refractivity contribution in [3.8, 4) is 0 Å². The third-order valence-electron chi connectivity index (χ3n) is 3.54. The van der Waals surface area contributed by atoms with Crippen LogP contribution < -0.4 is 5.32 Å². The van der Waals surface area contributed by atoms with E-state index in [-0.39, 0.29) is 5.78 Å². The lowest BCUT2D eigenvalue weighted by Crippen LogP contribution is -2.47. The highest BCUT2D eigenvalue weighted by molar-refractivity contribution is 6.42. The molecule has 1 aliphatic heterocycles. The predicted molar refractivity (Wildman–Crippen MR) is 75.7 cm³/mol. The Morgan fingerprint density at radius 3 is 2.72 bits per heavy atom. The molecule has 2 nitrogen and oxygen atoms in total. The van der Waals surface area contributed by atoms with Gasteiger partial charge in [-0.25, -0.2) is 0 Å². The van der Waals surface area contributed by atoms with Crippen molar-refractivity contribution < 1.29 is 4.79 Å². The Hall–Kier alpha value is -0.570. The van der Waals surface area contributed by atoms with Gasteiger partial charge in [-0.05, 0) is 44.0 Å². The van der Waals surface area contributed by atoms with E-state index in [0.717, 1.165) is 32.2 Å². The van der Waals surface area contributed by atoms with Crippen LogP contribution in [0.1, 0.15) is 43.0 Å². The molecule has 0 bridgehead atoms. The number of carbonyl (C=O) groups is 1. The highest BCUT2D eigenvalue weighted by Gasteiger charge is 2.40. The fourth-order valence-electron chi connectivity index (χ4n) is 2.67. The molecule has 1 atom stereocenters. The van der Waals surface area contributed by atoms with E-state index in [1.165, 1.54) is 0 Å². The van der Waals surface area contributed by atoms with Gasteiger partial charge in [-0.3, -0.25) is 4.79 Å². The van der Waals surface area contributed by atoms with Crippen LogP contribution in [0.5, 0.6) is 0 Å². The van der Waals surface area contributed by atoms with Gasteiger partial charge in [0.1, 0.15) is 0 Å². The number of hydrogen-bond donors (Lipinski definition) is 1. The van der Waals surface area contributed by atoms with Crippen molar-refractivity contribution in [1.82, 2.24) is 5.32 Å². The summed E-state index contributed by atoms with van der Waals surface area (Å²) in [6.07, 6.45) is 3.80. The third-order valence-corrected chi connectivity index (χ3v) is 4.28. The summed E-state index contributed by atoms with van der Waals surface area (Å²) in [6, 6.07) is 5.11. The number of benzene rings is 1. The van der Waals surface area contributed by atoms with E-state index < -0.39 is 5.54 Å². The van der Waals surface area contributed by atoms with Crippen molar-refractivity contribution in [2.45, 2.75) is 38.1 Å². The second-order valence-electron chi connectivity index (χ2n) is 4.82. The highest BCUT2D eigenvalue weighted by Crippen LogP contribution is 2.31. The average molecular weight is 286 g/mol. The van der Waals surface area contributed by atoms with Crippen LogP contribution in [0.4, 0.5) is 0 Å². The summed E-state index contributed by atoms with van der Waals surface area (Å²) >= 11 is 11.9. The Kier molecular flexibility index (Phi) is 4.31. The molecule has 0 spiro atoms. The molecular weight excluding hydrogens is 269 g/mol. The van der Waals surface area contributed by atoms with Gasteiger partial charge in [0.2, 0.25) is 0 Å². The quantitative estimate of drug-likeness (QED) is 0.844. The maximum atomic E-state index is 12.7. The van der Waals surface area contributed by atoms with Crippen molar-refractivity contribution >= 4 is 29.0 Å². The molecular formula is C14H17Cl2NO. The maximum Gasteiger partial charge on any atom is 0.182 e. The lowest BCUT2D eigenvalue weighted by atomic mass is 9.84. The fraction of sp³-hybridized carbons (Fsp3) is 0.500. The topological polar surface area (TPSA) is 29.1 Å². The molecule has 0 saturated carbocycles. The van der Waals surface area contributed by atoms with Gasteiger partial charge in [0.25, 0.3) is 0 Å². The van der Waals surface area contributed by atoms with Gasteiger partial charge in [0.15, 0.2) is 5.78 Å². The molecule has 0 aliphatic carbocycles. The Morgan fingerprint density at radius 2 is 2.17 bits per heavy atom. The minimum absolute atomic E-state index is 0.139. The number of rotatable bonds is 4. The Morgan fingerprint density at radius 1 is 1.39 bits per heavy atom. The first-order chi connectivity index (χ1) is 8.59. The summed E-state index contributed by atoms with van der Waals surface area (Å²) in [7, 11) is 0. The molecule has 1 saturated heterocycles. The monoisotopic (exact) mass is 285 g/mol. The lowest BCUT2D eigenvalue weighted by molar-refractivity contribution is 0.0857. The third kappa shape index (κ3) is 2.56. The summed E-state index contributed by atoms with van der Waals surface area (Å²) in [5.41, 5.74) is 0.249. The molecule has 0 unspecified atom stereocenters. The second kappa shape index (κ2) is 5.60. The van der Waals surface area contributed by atoms with Crippen molar-refractivity contribution in [3.05, 3.63) is 33.8 Å². The zero-order chi connectivity index (χ0) is 13.2. The van der Waals surface area contributed by atoms with Crippen LogP contribution in [0.15, 0.2) is 18.2 Å². The molecule has 2 rings (SSSR count). The molecule has 1 aliphatic rings. The lowest BCUT2D eigenvalue weighted by Gasteiger charge is -2.27. The molecule has 0 radical (unpaired) electrons. The van der Waals surface area contributed by atoms with Gasteiger partial charge in [-0.1, -0.05) is 36.5 Å². The minimum Gasteiger partial charge on any atom is -0.305 e. The molecule has 1 aromatic carbocycles. The summed E-state index contributed by atoms with van der Waals surface area (Å²) < 4.78 is 0. The Balaban J connectivity index is 2.30. The van der Waals surface area contributed by atoms with Crippen molar-refractivity contribution in [2.24, 2.45) is 0 Å². The van der Waals surface area contributed by atoms with Gasteiger partial charge < -0.3 is 5.32 Å². The van der Waals surface area contributed by atoms with Crippen LogP contribution in [-0.2, 0) is 0 Å². The first-order valence-corrected chi connectivity index (χ1v) is 7.09. The van der Waals surface area contributed by atoms with Crippen LogP contribution in [0.25, 0.3) is 0 Å². The predicted octanol–water partition coefficient (Wildman–Crippen LogP) is 4.10. The molecule has 1 fully saturated rings. The summed E-state index contributed by atoms with van der Waals surface area (Å²) in [6.45, 7) is 3.01. The largest absolute Gasteiger partial charge is 0.305 e. The number of ketones is 1. The normalized spacial score (nSPS) is 23.3. The minimum atomic E-state index is -0.397. The average Bonchev–Trinajstić information content (AvgIpc) is 2.82. The van der Waals surface area contributed by atoms with Gasteiger partial charge in [-0.2, -0.15) is 0 Å². The van der Waals surface area contributed by atoms with Crippen molar-refractivity contribution in [1.29, 1.82) is 0 Å². The second-order valence-corrected chi connectivity index (χ2v) is 5.63. The zero-order valence-electron chi connectivity index (χ0n) is 10.4. The van der Waals surface area contributed by atoms with E-state index in [1.807, 2.05) is 0 Å². The molecule has 0 aromatic heterocycles. The molecule has 98 valence electrons. The Labute approximate surface area is 118 Å². The zero-order valence-corrected chi connectivity index (χ0v) is 11.9. The standard InChI is InChI=1S/C14H17Cl2NO/c1-2-6-14(7-3-8-17-14)13(18)10-4-5-11(15)12(16)9-10/h4-5,9,17H,2-3,6-8H2,1H3/t14-/m1/s1. The Bertz CT molecular complexity index is 453. The van der Waals surface area contributed by atoms with Gasteiger partial charge in [0, 0.05) is 5.56 Å². The maximum absolute atomic E-state index is 12.7. The summed E-state index contributed by atoms with van der Waals surface area (Å²) in [5.74, 6) is 0.139. The molecule has 18 heavy (non-hydrogen) atoms. The van der Waals surface area contributed by atoms with Crippen LogP contribution >= 0.6 is 23.2 Å². The van der Waals surface area contributed by atoms with Gasteiger partial charge in [-0.15, -0.1) is 0 Å². The van der Waals surface area contributed by atoms with Crippen LogP contribution in [-0.4, -0.2) is 17.9 Å².